The summed E-state index contributed by atoms with van der Waals surface area (Å²) in [5.74, 6) is -0.385. The molecule has 1 amide bonds. The lowest BCUT2D eigenvalue weighted by Gasteiger charge is -2.18. The summed E-state index contributed by atoms with van der Waals surface area (Å²) in [5, 5.41) is 2.85. The quantitative estimate of drug-likeness (QED) is 0.646. The van der Waals surface area contributed by atoms with Gasteiger partial charge >= 0.3 is 0 Å². The van der Waals surface area contributed by atoms with Crippen molar-refractivity contribution < 1.29 is 13.2 Å². The maximum atomic E-state index is 12.7. The van der Waals surface area contributed by atoms with Gasteiger partial charge in [-0.25, -0.2) is 8.42 Å². The van der Waals surface area contributed by atoms with E-state index in [0.29, 0.717) is 12.1 Å². The first-order valence-corrected chi connectivity index (χ1v) is 10.7. The van der Waals surface area contributed by atoms with Gasteiger partial charge in [0.15, 0.2) is 0 Å². The van der Waals surface area contributed by atoms with Crippen molar-refractivity contribution in [1.82, 2.24) is 4.31 Å². The van der Waals surface area contributed by atoms with Gasteiger partial charge in [0.1, 0.15) is 0 Å². The average molecular weight is 409 g/mol. The molecular weight excluding hydrogens is 384 g/mol. The minimum atomic E-state index is -3.73. The van der Waals surface area contributed by atoms with Crippen molar-refractivity contribution >= 4 is 21.6 Å². The molecular formula is C23H24N2O3S. The van der Waals surface area contributed by atoms with Crippen LogP contribution in [0, 0.1) is 6.92 Å². The molecule has 5 nitrogen and oxygen atoms in total. The highest BCUT2D eigenvalue weighted by Crippen LogP contribution is 2.20. The number of likely N-dealkylation sites (N-methyl/N-ethyl adjacent to an activating group) is 1. The molecule has 0 unspecified atom stereocenters. The minimum Gasteiger partial charge on any atom is -0.325 e. The summed E-state index contributed by atoms with van der Waals surface area (Å²) in [5.41, 5.74) is 3.76. The molecule has 1 N–H and O–H groups in total. The third-order valence-electron chi connectivity index (χ3n) is 4.62. The summed E-state index contributed by atoms with van der Waals surface area (Å²) in [6.07, 6.45) is 0.675. The van der Waals surface area contributed by atoms with Gasteiger partial charge in [-0.05, 0) is 42.7 Å². The second-order valence-corrected chi connectivity index (χ2v) is 8.99. The largest absolute Gasteiger partial charge is 0.325 e. The number of hydrogen-bond acceptors (Lipinski definition) is 3. The van der Waals surface area contributed by atoms with Gasteiger partial charge in [-0.1, -0.05) is 66.2 Å². The Morgan fingerprint density at radius 1 is 0.897 bits per heavy atom. The van der Waals surface area contributed by atoms with Gasteiger partial charge < -0.3 is 5.32 Å². The normalized spacial score (nSPS) is 11.4. The molecule has 3 aromatic rings. The summed E-state index contributed by atoms with van der Waals surface area (Å²) in [4.78, 5) is 12.7. The standard InChI is InChI=1S/C23H24N2O3S/c1-18-12-14-21(15-13-18)29(27,28)25(2)17-23(26)24-22-11-7-6-10-20(22)16-19-8-4-3-5-9-19/h3-15H,16-17H2,1-2H3,(H,24,26). The Kier molecular flexibility index (Phi) is 6.46. The average Bonchev–Trinajstić information content (AvgIpc) is 2.70. The van der Waals surface area contributed by atoms with Crippen LogP contribution in [-0.4, -0.2) is 32.2 Å². The van der Waals surface area contributed by atoms with Crippen LogP contribution in [0.15, 0.2) is 83.8 Å². The lowest BCUT2D eigenvalue weighted by molar-refractivity contribution is -0.116. The van der Waals surface area contributed by atoms with Crippen molar-refractivity contribution in [3.8, 4) is 0 Å². The summed E-state index contributed by atoms with van der Waals surface area (Å²) in [6, 6.07) is 24.1. The van der Waals surface area contributed by atoms with Gasteiger partial charge in [-0.15, -0.1) is 0 Å². The van der Waals surface area contributed by atoms with E-state index in [1.807, 2.05) is 61.5 Å². The van der Waals surface area contributed by atoms with Gasteiger partial charge in [0.05, 0.1) is 11.4 Å². The third kappa shape index (κ3) is 5.31. The summed E-state index contributed by atoms with van der Waals surface area (Å²) >= 11 is 0. The SMILES string of the molecule is Cc1ccc(S(=O)(=O)N(C)CC(=O)Nc2ccccc2Cc2ccccc2)cc1. The van der Waals surface area contributed by atoms with E-state index in [0.717, 1.165) is 21.0 Å². The van der Waals surface area contributed by atoms with Crippen LogP contribution in [0.4, 0.5) is 5.69 Å². The van der Waals surface area contributed by atoms with Crippen LogP contribution in [0.5, 0.6) is 0 Å². The van der Waals surface area contributed by atoms with Gasteiger partial charge in [0.2, 0.25) is 15.9 Å². The number of benzene rings is 3. The molecule has 0 heterocycles. The lowest BCUT2D eigenvalue weighted by atomic mass is 10.0. The summed E-state index contributed by atoms with van der Waals surface area (Å²) in [6.45, 7) is 1.62. The first-order chi connectivity index (χ1) is 13.9. The molecule has 3 rings (SSSR count). The fourth-order valence-electron chi connectivity index (χ4n) is 2.98. The highest BCUT2D eigenvalue weighted by atomic mass is 32.2. The van der Waals surface area contributed by atoms with Crippen molar-refractivity contribution in [2.24, 2.45) is 0 Å². The van der Waals surface area contributed by atoms with Crippen LogP contribution in [0.1, 0.15) is 16.7 Å². The number of carbonyl (C=O) groups excluding carboxylic acids is 1. The zero-order valence-electron chi connectivity index (χ0n) is 16.5. The van der Waals surface area contributed by atoms with Gasteiger partial charge in [-0.2, -0.15) is 4.31 Å². The fraction of sp³-hybridized carbons (Fsp3) is 0.174. The third-order valence-corrected chi connectivity index (χ3v) is 6.44. The van der Waals surface area contributed by atoms with Crippen molar-refractivity contribution in [3.05, 3.63) is 95.6 Å². The zero-order chi connectivity index (χ0) is 20.9. The van der Waals surface area contributed by atoms with E-state index >= 15 is 0 Å². The van der Waals surface area contributed by atoms with E-state index in [-0.39, 0.29) is 17.3 Å². The van der Waals surface area contributed by atoms with E-state index < -0.39 is 10.0 Å². The molecule has 0 saturated heterocycles. The van der Waals surface area contributed by atoms with Crippen LogP contribution in [-0.2, 0) is 21.2 Å². The van der Waals surface area contributed by atoms with E-state index in [1.54, 1.807) is 24.3 Å². The molecule has 150 valence electrons. The number of sulfonamides is 1. The number of nitrogens with one attached hydrogen (secondary N) is 1. The number of aryl methyl sites for hydroxylation is 1. The Hall–Kier alpha value is -2.96. The number of rotatable bonds is 7. The number of hydrogen-bond donors (Lipinski definition) is 1. The van der Waals surface area contributed by atoms with Crippen molar-refractivity contribution in [2.75, 3.05) is 18.9 Å². The monoisotopic (exact) mass is 408 g/mol. The van der Waals surface area contributed by atoms with Crippen LogP contribution in [0.2, 0.25) is 0 Å². The topological polar surface area (TPSA) is 66.5 Å². The van der Waals surface area contributed by atoms with Crippen molar-refractivity contribution in [3.63, 3.8) is 0 Å². The highest BCUT2D eigenvalue weighted by Gasteiger charge is 2.23. The van der Waals surface area contributed by atoms with Crippen molar-refractivity contribution in [1.29, 1.82) is 0 Å². The van der Waals surface area contributed by atoms with Crippen LogP contribution < -0.4 is 5.32 Å². The lowest BCUT2D eigenvalue weighted by Crippen LogP contribution is -2.35. The fourth-order valence-corrected chi connectivity index (χ4v) is 4.11. The van der Waals surface area contributed by atoms with Gasteiger partial charge in [0, 0.05) is 12.7 Å². The number of anilines is 1. The second kappa shape index (κ2) is 9.03. The Bertz CT molecular complexity index is 1080. The smallest absolute Gasteiger partial charge is 0.243 e. The first kappa shape index (κ1) is 20.8. The molecule has 6 heteroatoms. The molecule has 0 aliphatic carbocycles. The molecule has 29 heavy (non-hydrogen) atoms. The Morgan fingerprint density at radius 3 is 2.21 bits per heavy atom. The van der Waals surface area contributed by atoms with E-state index in [4.69, 9.17) is 0 Å². The molecule has 0 aliphatic heterocycles. The van der Waals surface area contributed by atoms with Crippen LogP contribution in [0.3, 0.4) is 0 Å². The Labute approximate surface area is 172 Å². The minimum absolute atomic E-state index is 0.169. The molecule has 0 saturated carbocycles. The Morgan fingerprint density at radius 2 is 1.52 bits per heavy atom. The molecule has 0 spiro atoms. The van der Waals surface area contributed by atoms with E-state index in [1.165, 1.54) is 7.05 Å². The summed E-state index contributed by atoms with van der Waals surface area (Å²) in [7, 11) is -2.32. The number of amides is 1. The van der Waals surface area contributed by atoms with E-state index in [2.05, 4.69) is 5.32 Å². The molecule has 0 aliphatic rings. The highest BCUT2D eigenvalue weighted by molar-refractivity contribution is 7.89. The number of para-hydroxylation sites is 1. The van der Waals surface area contributed by atoms with Crippen LogP contribution >= 0.6 is 0 Å². The molecule has 3 aromatic carbocycles. The summed E-state index contributed by atoms with van der Waals surface area (Å²) < 4.78 is 26.4. The molecule has 0 fully saturated rings. The molecule has 0 aromatic heterocycles. The Balaban J connectivity index is 1.70. The van der Waals surface area contributed by atoms with Crippen molar-refractivity contribution in [2.45, 2.75) is 18.2 Å². The molecule has 0 radical (unpaired) electrons. The zero-order valence-corrected chi connectivity index (χ0v) is 17.3. The van der Waals surface area contributed by atoms with E-state index in [9.17, 15) is 13.2 Å². The number of nitrogens with zero attached hydrogens (tertiary/aromatic N) is 1. The number of carbonyl (C=O) groups is 1. The molecule has 0 bridgehead atoms. The second-order valence-electron chi connectivity index (χ2n) is 6.94. The predicted molar refractivity (Wildman–Crippen MR) is 115 cm³/mol. The van der Waals surface area contributed by atoms with Gasteiger partial charge in [-0.3, -0.25) is 4.79 Å². The van der Waals surface area contributed by atoms with Gasteiger partial charge in [0.25, 0.3) is 0 Å². The predicted octanol–water partition coefficient (Wildman–Crippen LogP) is 3.85. The van der Waals surface area contributed by atoms with Crippen LogP contribution in [0.25, 0.3) is 0 Å². The first-order valence-electron chi connectivity index (χ1n) is 9.31. The maximum absolute atomic E-state index is 12.7. The molecule has 0 atom stereocenters. The maximum Gasteiger partial charge on any atom is 0.243 e.